The molecule has 0 radical (unpaired) electrons. The molecule has 0 aliphatic carbocycles. The molecule has 2 aromatic carbocycles. The lowest BCUT2D eigenvalue weighted by Crippen LogP contribution is -2.33. The third kappa shape index (κ3) is 7.44. The zero-order valence-corrected chi connectivity index (χ0v) is 20.9. The van der Waals surface area contributed by atoms with Gasteiger partial charge in [0.2, 0.25) is 5.89 Å². The first-order chi connectivity index (χ1) is 16.7. The van der Waals surface area contributed by atoms with Gasteiger partial charge in [-0.2, -0.15) is 0 Å². The maximum Gasteiger partial charge on any atom is 0.320 e. The van der Waals surface area contributed by atoms with E-state index in [1.165, 1.54) is 0 Å². The van der Waals surface area contributed by atoms with Crippen LogP contribution in [0.2, 0.25) is 0 Å². The molecule has 7 heteroatoms. The molecule has 3 rings (SSSR count). The van der Waals surface area contributed by atoms with Crippen LogP contribution in [-0.2, 0) is 32.1 Å². The number of oxazole rings is 1. The number of carbonyl (C=O) groups excluding carboxylic acids is 2. The fourth-order valence-electron chi connectivity index (χ4n) is 3.50. The molecule has 0 N–H and O–H groups in total. The topological polar surface area (TPSA) is 87.9 Å². The molecule has 186 valence electrons. The van der Waals surface area contributed by atoms with Crippen LogP contribution in [-0.4, -0.2) is 29.6 Å². The van der Waals surface area contributed by atoms with Crippen LogP contribution in [0, 0.1) is 18.8 Å². The van der Waals surface area contributed by atoms with E-state index in [-0.39, 0.29) is 18.6 Å². The molecule has 35 heavy (non-hydrogen) atoms. The first kappa shape index (κ1) is 26.0. The van der Waals surface area contributed by atoms with Crippen LogP contribution < -0.4 is 4.74 Å². The van der Waals surface area contributed by atoms with Crippen molar-refractivity contribution in [1.82, 2.24) is 4.98 Å². The van der Waals surface area contributed by atoms with Crippen molar-refractivity contribution in [1.29, 1.82) is 0 Å². The smallest absolute Gasteiger partial charge is 0.320 e. The Labute approximate surface area is 206 Å². The minimum absolute atomic E-state index is 0.0672. The average Bonchev–Trinajstić information content (AvgIpc) is 3.19. The summed E-state index contributed by atoms with van der Waals surface area (Å²) in [6, 6.07) is 17.1. The highest BCUT2D eigenvalue weighted by atomic mass is 16.6. The molecule has 1 heterocycles. The third-order valence-electron chi connectivity index (χ3n) is 5.35. The minimum Gasteiger partial charge on any atom is -0.493 e. The summed E-state index contributed by atoms with van der Waals surface area (Å²) in [5.74, 6) is -0.212. The first-order valence-corrected chi connectivity index (χ1v) is 11.8. The molecule has 0 spiro atoms. The van der Waals surface area contributed by atoms with Crippen molar-refractivity contribution in [3.05, 3.63) is 71.6 Å². The normalized spacial score (nSPS) is 12.0. The number of benzene rings is 2. The predicted molar refractivity (Wildman–Crippen MR) is 132 cm³/mol. The molecule has 1 aromatic heterocycles. The van der Waals surface area contributed by atoms with Gasteiger partial charge in [0.05, 0.1) is 18.4 Å². The summed E-state index contributed by atoms with van der Waals surface area (Å²) in [5, 5.41) is 0. The summed E-state index contributed by atoms with van der Waals surface area (Å²) in [4.78, 5) is 29.3. The lowest BCUT2D eigenvalue weighted by Gasteiger charge is -2.19. The van der Waals surface area contributed by atoms with E-state index in [4.69, 9.17) is 18.6 Å². The van der Waals surface area contributed by atoms with Crippen molar-refractivity contribution in [2.75, 3.05) is 6.61 Å². The summed E-state index contributed by atoms with van der Waals surface area (Å²) in [5.41, 5.74) is 2.60. The van der Waals surface area contributed by atoms with Crippen LogP contribution in [0.1, 0.15) is 44.7 Å². The second kappa shape index (κ2) is 12.2. The van der Waals surface area contributed by atoms with Gasteiger partial charge in [0.1, 0.15) is 18.1 Å². The average molecular weight is 480 g/mol. The van der Waals surface area contributed by atoms with Gasteiger partial charge in [-0.3, -0.25) is 9.59 Å². The fraction of sp³-hybridized carbons (Fsp3) is 0.393. The summed E-state index contributed by atoms with van der Waals surface area (Å²) < 4.78 is 22.2. The van der Waals surface area contributed by atoms with E-state index in [9.17, 15) is 9.59 Å². The number of aryl methyl sites for hydroxylation is 1. The van der Waals surface area contributed by atoms with Gasteiger partial charge in [0, 0.05) is 12.0 Å². The van der Waals surface area contributed by atoms with Crippen LogP contribution >= 0.6 is 0 Å². The molecular weight excluding hydrogens is 446 g/mol. The van der Waals surface area contributed by atoms with Crippen LogP contribution in [0.3, 0.4) is 0 Å². The fourth-order valence-corrected chi connectivity index (χ4v) is 3.50. The maximum atomic E-state index is 12.5. The lowest BCUT2D eigenvalue weighted by molar-refractivity contribution is -0.167. The quantitative estimate of drug-likeness (QED) is 0.264. The Morgan fingerprint density at radius 3 is 2.26 bits per heavy atom. The van der Waals surface area contributed by atoms with Crippen LogP contribution in [0.15, 0.2) is 59.0 Å². The molecule has 0 saturated heterocycles. The molecule has 0 amide bonds. The van der Waals surface area contributed by atoms with Crippen LogP contribution in [0.25, 0.3) is 11.5 Å². The molecule has 1 unspecified atom stereocenters. The highest BCUT2D eigenvalue weighted by molar-refractivity contribution is 5.95. The zero-order valence-electron chi connectivity index (χ0n) is 20.9. The molecule has 1 atom stereocenters. The molecule has 0 saturated carbocycles. The summed E-state index contributed by atoms with van der Waals surface area (Å²) >= 11 is 0. The molecule has 3 aromatic rings. The summed E-state index contributed by atoms with van der Waals surface area (Å²) in [6.07, 6.45) is 0.327. The van der Waals surface area contributed by atoms with Gasteiger partial charge in [-0.05, 0) is 56.5 Å². The Morgan fingerprint density at radius 2 is 1.63 bits per heavy atom. The molecule has 0 bridgehead atoms. The van der Waals surface area contributed by atoms with Gasteiger partial charge in [-0.1, -0.05) is 44.2 Å². The van der Waals surface area contributed by atoms with Crippen LogP contribution in [0.4, 0.5) is 0 Å². The Balaban J connectivity index is 1.48. The van der Waals surface area contributed by atoms with Crippen molar-refractivity contribution in [2.24, 2.45) is 11.8 Å². The number of nitrogens with zero attached hydrogens (tertiary/aromatic N) is 1. The molecule has 0 fully saturated rings. The first-order valence-electron chi connectivity index (χ1n) is 11.8. The third-order valence-corrected chi connectivity index (χ3v) is 5.35. The summed E-state index contributed by atoms with van der Waals surface area (Å²) in [6.45, 7) is 9.50. The Bertz CT molecular complexity index is 1100. The van der Waals surface area contributed by atoms with Crippen molar-refractivity contribution in [3.63, 3.8) is 0 Å². The maximum absolute atomic E-state index is 12.5. The number of hydrogen-bond donors (Lipinski definition) is 0. The minimum atomic E-state index is -0.942. The Morgan fingerprint density at radius 1 is 0.943 bits per heavy atom. The SMILES string of the molecule is Cc1oc(-c2ccccc2)nc1CCOc1ccc(COC(=O)C(C(=O)OC(C)C)C(C)C)cc1. The van der Waals surface area contributed by atoms with Crippen molar-refractivity contribution in [3.8, 4) is 17.2 Å². The van der Waals surface area contributed by atoms with E-state index in [1.54, 1.807) is 27.7 Å². The number of rotatable bonds is 11. The van der Waals surface area contributed by atoms with E-state index >= 15 is 0 Å². The molecular formula is C28H33NO6. The molecule has 7 nitrogen and oxygen atoms in total. The largest absolute Gasteiger partial charge is 0.493 e. The van der Waals surface area contributed by atoms with Gasteiger partial charge < -0.3 is 18.6 Å². The predicted octanol–water partition coefficient (Wildman–Crippen LogP) is 5.54. The van der Waals surface area contributed by atoms with E-state index < -0.39 is 17.9 Å². The number of carbonyl (C=O) groups is 2. The Kier molecular flexibility index (Phi) is 9.06. The van der Waals surface area contributed by atoms with Crippen molar-refractivity contribution in [2.45, 2.75) is 53.8 Å². The summed E-state index contributed by atoms with van der Waals surface area (Å²) in [7, 11) is 0. The highest BCUT2D eigenvalue weighted by Crippen LogP contribution is 2.22. The lowest BCUT2D eigenvalue weighted by atomic mass is 9.96. The van der Waals surface area contributed by atoms with E-state index in [2.05, 4.69) is 4.98 Å². The monoisotopic (exact) mass is 479 g/mol. The molecule has 0 aliphatic heterocycles. The molecule has 0 aliphatic rings. The second-order valence-corrected chi connectivity index (χ2v) is 8.95. The number of aromatic nitrogens is 1. The number of esters is 2. The zero-order chi connectivity index (χ0) is 25.4. The van der Waals surface area contributed by atoms with Gasteiger partial charge >= 0.3 is 11.9 Å². The number of ether oxygens (including phenoxy) is 3. The highest BCUT2D eigenvalue weighted by Gasteiger charge is 2.33. The van der Waals surface area contributed by atoms with Crippen molar-refractivity contribution < 1.29 is 28.2 Å². The second-order valence-electron chi connectivity index (χ2n) is 8.95. The van der Waals surface area contributed by atoms with Gasteiger partial charge in [-0.25, -0.2) is 4.98 Å². The van der Waals surface area contributed by atoms with Gasteiger partial charge in [0.15, 0.2) is 5.92 Å². The van der Waals surface area contributed by atoms with Gasteiger partial charge in [0.25, 0.3) is 0 Å². The standard InChI is InChI=1S/C28H33NO6/c1-18(2)25(28(31)34-19(3)4)27(30)33-17-21-11-13-23(14-12-21)32-16-15-24-20(5)35-26(29-24)22-9-7-6-8-10-22/h6-14,18-19,25H,15-17H2,1-5H3. The van der Waals surface area contributed by atoms with E-state index in [1.807, 2.05) is 61.5 Å². The van der Waals surface area contributed by atoms with Crippen molar-refractivity contribution >= 4 is 11.9 Å². The van der Waals surface area contributed by atoms with Gasteiger partial charge in [-0.15, -0.1) is 0 Å². The van der Waals surface area contributed by atoms with E-state index in [0.29, 0.717) is 24.7 Å². The Hall–Kier alpha value is -3.61. The van der Waals surface area contributed by atoms with E-state index in [0.717, 1.165) is 22.6 Å². The van der Waals surface area contributed by atoms with Crippen LogP contribution in [0.5, 0.6) is 5.75 Å². The number of hydrogen-bond acceptors (Lipinski definition) is 7.